The van der Waals surface area contributed by atoms with Crippen LogP contribution in [0.4, 0.5) is 23.4 Å². The molecule has 0 saturated heterocycles. The highest BCUT2D eigenvalue weighted by Gasteiger charge is 2.31. The van der Waals surface area contributed by atoms with Gasteiger partial charge in [0.25, 0.3) is 5.91 Å². The van der Waals surface area contributed by atoms with Gasteiger partial charge in [0.2, 0.25) is 0 Å². The summed E-state index contributed by atoms with van der Waals surface area (Å²) >= 11 is 0. The quantitative estimate of drug-likeness (QED) is 0.421. The predicted octanol–water partition coefficient (Wildman–Crippen LogP) is 5.62. The summed E-state index contributed by atoms with van der Waals surface area (Å²) in [4.78, 5) is 26.1. The molecule has 8 heteroatoms. The molecule has 4 nitrogen and oxygen atoms in total. The van der Waals surface area contributed by atoms with Crippen LogP contribution in [0.25, 0.3) is 22.0 Å². The lowest BCUT2D eigenvalue weighted by Gasteiger charge is -2.19. The van der Waals surface area contributed by atoms with E-state index in [1.54, 1.807) is 31.3 Å². The molecule has 1 N–H and O–H groups in total. The molecule has 0 atom stereocenters. The lowest BCUT2D eigenvalue weighted by atomic mass is 10.00. The number of carbonyl (C=O) groups is 1. The maximum atomic E-state index is 13.3. The highest BCUT2D eigenvalue weighted by molar-refractivity contribution is 6.06. The summed E-state index contributed by atoms with van der Waals surface area (Å²) in [5.41, 5.74) is -0.883. The number of nitrogens with zero attached hydrogens (tertiary/aromatic N) is 1. The molecular formula is C24H16F4N2O2. The Morgan fingerprint density at radius 3 is 2.31 bits per heavy atom. The van der Waals surface area contributed by atoms with Gasteiger partial charge in [-0.15, -0.1) is 0 Å². The second kappa shape index (κ2) is 7.96. The van der Waals surface area contributed by atoms with Gasteiger partial charge in [-0.1, -0.05) is 24.3 Å². The molecule has 0 spiro atoms. The fourth-order valence-corrected chi connectivity index (χ4v) is 3.53. The van der Waals surface area contributed by atoms with Gasteiger partial charge in [0.15, 0.2) is 5.43 Å². The van der Waals surface area contributed by atoms with Crippen molar-refractivity contribution in [3.63, 3.8) is 0 Å². The number of benzene rings is 3. The molecule has 1 heterocycles. The average molecular weight is 440 g/mol. The molecule has 1 amide bonds. The van der Waals surface area contributed by atoms with Crippen LogP contribution in [0.5, 0.6) is 0 Å². The first-order valence-electron chi connectivity index (χ1n) is 9.53. The van der Waals surface area contributed by atoms with E-state index in [2.05, 4.69) is 5.32 Å². The Bertz CT molecular complexity index is 1390. The maximum absolute atomic E-state index is 13.3. The number of hydrogen-bond acceptors (Lipinski definition) is 2. The van der Waals surface area contributed by atoms with Crippen molar-refractivity contribution >= 4 is 22.6 Å². The molecule has 1 aromatic heterocycles. The molecule has 3 aromatic carbocycles. The van der Waals surface area contributed by atoms with Gasteiger partial charge in [-0.25, -0.2) is 4.39 Å². The Morgan fingerprint density at radius 2 is 1.62 bits per heavy atom. The van der Waals surface area contributed by atoms with Crippen molar-refractivity contribution in [3.05, 3.63) is 100.0 Å². The molecule has 0 fully saturated rings. The number of anilines is 1. The molecular weight excluding hydrogens is 424 g/mol. The Hall–Kier alpha value is -3.94. The van der Waals surface area contributed by atoms with Crippen molar-refractivity contribution < 1.29 is 22.4 Å². The fraction of sp³-hybridized carbons (Fsp3) is 0.0833. The van der Waals surface area contributed by atoms with Gasteiger partial charge < -0.3 is 9.88 Å². The van der Waals surface area contributed by atoms with E-state index in [1.165, 1.54) is 28.8 Å². The number of amides is 1. The molecule has 4 aromatic rings. The molecule has 0 aliphatic heterocycles. The van der Waals surface area contributed by atoms with Crippen molar-refractivity contribution in [1.82, 2.24) is 4.57 Å². The minimum absolute atomic E-state index is 0.0144. The van der Waals surface area contributed by atoms with E-state index in [9.17, 15) is 27.2 Å². The minimum atomic E-state index is -4.60. The van der Waals surface area contributed by atoms with E-state index in [4.69, 9.17) is 0 Å². The summed E-state index contributed by atoms with van der Waals surface area (Å²) in [7, 11) is 1.60. The Labute approximate surface area is 179 Å². The standard InChI is InChI=1S/C24H16F4N2O2/c1-30-19-8-3-2-7-18(19)21(31)20(15-5-4-6-16(13-15)24(26,27)28)22(30)29-23(32)14-9-11-17(25)12-10-14/h2-13H,1H3,(H,29,32). The summed E-state index contributed by atoms with van der Waals surface area (Å²) in [5.74, 6) is -1.13. The van der Waals surface area contributed by atoms with Gasteiger partial charge in [0, 0.05) is 18.0 Å². The van der Waals surface area contributed by atoms with Crippen molar-refractivity contribution in [1.29, 1.82) is 0 Å². The number of alkyl halides is 3. The van der Waals surface area contributed by atoms with Gasteiger partial charge in [0.1, 0.15) is 11.6 Å². The van der Waals surface area contributed by atoms with E-state index in [-0.39, 0.29) is 22.5 Å². The zero-order valence-electron chi connectivity index (χ0n) is 16.7. The first-order valence-corrected chi connectivity index (χ1v) is 9.53. The van der Waals surface area contributed by atoms with Crippen molar-refractivity contribution in [2.75, 3.05) is 5.32 Å². The van der Waals surface area contributed by atoms with E-state index in [0.29, 0.717) is 10.9 Å². The third-order valence-corrected chi connectivity index (χ3v) is 5.13. The van der Waals surface area contributed by atoms with Crippen LogP contribution in [0.3, 0.4) is 0 Å². The number of fused-ring (bicyclic) bond motifs is 1. The maximum Gasteiger partial charge on any atom is 0.416 e. The number of hydrogen-bond donors (Lipinski definition) is 1. The summed E-state index contributed by atoms with van der Waals surface area (Å²) in [5, 5.41) is 2.92. The smallest absolute Gasteiger partial charge is 0.330 e. The number of nitrogens with one attached hydrogen (secondary N) is 1. The molecule has 0 saturated carbocycles. The molecule has 0 bridgehead atoms. The Kier molecular flexibility index (Phi) is 5.30. The van der Waals surface area contributed by atoms with Crippen molar-refractivity contribution in [2.45, 2.75) is 6.18 Å². The molecule has 0 radical (unpaired) electrons. The number of aromatic nitrogens is 1. The lowest BCUT2D eigenvalue weighted by molar-refractivity contribution is -0.137. The van der Waals surface area contributed by atoms with E-state index < -0.39 is 28.9 Å². The van der Waals surface area contributed by atoms with Crippen molar-refractivity contribution in [3.8, 4) is 11.1 Å². The average Bonchev–Trinajstić information content (AvgIpc) is 2.77. The topological polar surface area (TPSA) is 51.1 Å². The third kappa shape index (κ3) is 3.87. The minimum Gasteiger partial charge on any atom is -0.330 e. The largest absolute Gasteiger partial charge is 0.416 e. The van der Waals surface area contributed by atoms with Gasteiger partial charge >= 0.3 is 6.18 Å². The molecule has 0 unspecified atom stereocenters. The summed E-state index contributed by atoms with van der Waals surface area (Å²) in [6.45, 7) is 0. The lowest BCUT2D eigenvalue weighted by Crippen LogP contribution is -2.21. The summed E-state index contributed by atoms with van der Waals surface area (Å²) in [6, 6.07) is 15.7. The van der Waals surface area contributed by atoms with E-state index in [0.717, 1.165) is 24.3 Å². The monoisotopic (exact) mass is 440 g/mol. The number of pyridine rings is 1. The van der Waals surface area contributed by atoms with Crippen LogP contribution in [0.1, 0.15) is 15.9 Å². The third-order valence-electron chi connectivity index (χ3n) is 5.13. The van der Waals surface area contributed by atoms with Crippen LogP contribution < -0.4 is 10.7 Å². The zero-order valence-corrected chi connectivity index (χ0v) is 16.7. The number of carbonyl (C=O) groups excluding carboxylic acids is 1. The highest BCUT2D eigenvalue weighted by Crippen LogP contribution is 2.34. The fourth-order valence-electron chi connectivity index (χ4n) is 3.53. The second-order valence-corrected chi connectivity index (χ2v) is 7.17. The van der Waals surface area contributed by atoms with Gasteiger partial charge in [-0.05, 0) is 54.1 Å². The van der Waals surface area contributed by atoms with Crippen molar-refractivity contribution in [2.24, 2.45) is 7.05 Å². The first kappa shape index (κ1) is 21.3. The van der Waals surface area contributed by atoms with E-state index in [1.807, 2.05) is 0 Å². The predicted molar refractivity (Wildman–Crippen MR) is 114 cm³/mol. The van der Waals surface area contributed by atoms with Crippen LogP contribution in [-0.2, 0) is 13.2 Å². The zero-order chi connectivity index (χ0) is 23.0. The number of halogens is 4. The molecule has 0 aliphatic carbocycles. The van der Waals surface area contributed by atoms with Crippen LogP contribution in [-0.4, -0.2) is 10.5 Å². The van der Waals surface area contributed by atoms with E-state index >= 15 is 0 Å². The normalized spacial score (nSPS) is 11.5. The second-order valence-electron chi connectivity index (χ2n) is 7.17. The summed E-state index contributed by atoms with van der Waals surface area (Å²) < 4.78 is 54.6. The highest BCUT2D eigenvalue weighted by atomic mass is 19.4. The molecule has 162 valence electrons. The number of rotatable bonds is 3. The SMILES string of the molecule is Cn1c(NC(=O)c2ccc(F)cc2)c(-c2cccc(C(F)(F)F)c2)c(=O)c2ccccc21. The first-order chi connectivity index (χ1) is 15.2. The Morgan fingerprint density at radius 1 is 0.938 bits per heavy atom. The molecule has 4 rings (SSSR count). The number of para-hydroxylation sites is 1. The van der Waals surface area contributed by atoms with Crippen LogP contribution in [0, 0.1) is 5.82 Å². The summed E-state index contributed by atoms with van der Waals surface area (Å²) in [6.07, 6.45) is -4.60. The molecule has 32 heavy (non-hydrogen) atoms. The van der Waals surface area contributed by atoms with Gasteiger partial charge in [0.05, 0.1) is 16.6 Å². The van der Waals surface area contributed by atoms with Crippen LogP contribution >= 0.6 is 0 Å². The van der Waals surface area contributed by atoms with Gasteiger partial charge in [-0.2, -0.15) is 13.2 Å². The van der Waals surface area contributed by atoms with Gasteiger partial charge in [-0.3, -0.25) is 9.59 Å². The van der Waals surface area contributed by atoms with Crippen LogP contribution in [0.15, 0.2) is 77.6 Å². The number of aryl methyl sites for hydroxylation is 1. The Balaban J connectivity index is 1.95. The molecule has 0 aliphatic rings. The van der Waals surface area contributed by atoms with Crippen LogP contribution in [0.2, 0.25) is 0 Å².